The van der Waals surface area contributed by atoms with E-state index in [4.69, 9.17) is 26.4 Å². The number of halogens is 1. The van der Waals surface area contributed by atoms with Gasteiger partial charge in [0.15, 0.2) is 0 Å². The Morgan fingerprint density at radius 2 is 1.66 bits per heavy atom. The molecule has 0 saturated carbocycles. The highest BCUT2D eigenvalue weighted by Crippen LogP contribution is 2.25. The number of rotatable bonds is 9. The SMILES string of the molecule is C=C(C)COc1ccc(C(=NN)c2ccc(OS(C)(=O)=O)cc2)c(C(=O)Nc2ccc(Cl)cc2)c1. The highest BCUT2D eigenvalue weighted by Gasteiger charge is 2.19. The Labute approximate surface area is 209 Å². The number of amides is 1. The van der Waals surface area contributed by atoms with Crippen molar-refractivity contribution in [2.24, 2.45) is 10.9 Å². The average molecular weight is 514 g/mol. The van der Waals surface area contributed by atoms with Gasteiger partial charge in [0.05, 0.1) is 17.5 Å². The molecular weight excluding hydrogens is 490 g/mol. The summed E-state index contributed by atoms with van der Waals surface area (Å²) in [6, 6.07) is 17.8. The molecule has 0 radical (unpaired) electrons. The van der Waals surface area contributed by atoms with E-state index in [1.807, 2.05) is 6.92 Å². The fourth-order valence-corrected chi connectivity index (χ4v) is 3.68. The summed E-state index contributed by atoms with van der Waals surface area (Å²) in [5, 5.41) is 7.28. The van der Waals surface area contributed by atoms with Crippen LogP contribution in [0.1, 0.15) is 28.4 Å². The van der Waals surface area contributed by atoms with Crippen molar-refractivity contribution in [1.29, 1.82) is 0 Å². The Morgan fingerprint density at radius 3 is 2.23 bits per heavy atom. The number of nitrogens with zero attached hydrogens (tertiary/aromatic N) is 1. The van der Waals surface area contributed by atoms with Crippen molar-refractivity contribution in [2.45, 2.75) is 6.92 Å². The maximum absolute atomic E-state index is 13.3. The van der Waals surface area contributed by atoms with Crippen LogP contribution in [0.2, 0.25) is 5.02 Å². The van der Waals surface area contributed by atoms with Crippen LogP contribution in [0.25, 0.3) is 0 Å². The fourth-order valence-electron chi connectivity index (χ4n) is 3.09. The molecule has 0 spiro atoms. The van der Waals surface area contributed by atoms with Crippen molar-refractivity contribution in [2.75, 3.05) is 18.2 Å². The average Bonchev–Trinajstić information content (AvgIpc) is 2.80. The van der Waals surface area contributed by atoms with Crippen molar-refractivity contribution in [3.8, 4) is 11.5 Å². The van der Waals surface area contributed by atoms with Crippen LogP contribution < -0.4 is 20.1 Å². The molecule has 1 amide bonds. The van der Waals surface area contributed by atoms with Gasteiger partial charge >= 0.3 is 10.1 Å². The number of hydrogen-bond acceptors (Lipinski definition) is 7. The number of carbonyl (C=O) groups excluding carboxylic acids is 1. The van der Waals surface area contributed by atoms with Gasteiger partial charge in [-0.3, -0.25) is 4.79 Å². The summed E-state index contributed by atoms with van der Waals surface area (Å²) >= 11 is 5.94. The molecule has 0 unspecified atom stereocenters. The molecule has 0 saturated heterocycles. The second kappa shape index (κ2) is 11.1. The molecule has 10 heteroatoms. The molecule has 3 aromatic rings. The summed E-state index contributed by atoms with van der Waals surface area (Å²) < 4.78 is 33.4. The first kappa shape index (κ1) is 25.8. The second-order valence-electron chi connectivity index (χ2n) is 7.70. The third kappa shape index (κ3) is 7.33. The molecule has 0 aliphatic rings. The zero-order valence-electron chi connectivity index (χ0n) is 19.1. The van der Waals surface area contributed by atoms with E-state index < -0.39 is 16.0 Å². The molecule has 3 N–H and O–H groups in total. The van der Waals surface area contributed by atoms with Crippen molar-refractivity contribution in [3.63, 3.8) is 0 Å². The predicted molar refractivity (Wildman–Crippen MR) is 138 cm³/mol. The third-order valence-corrected chi connectivity index (χ3v) is 5.33. The Bertz CT molecular complexity index is 1370. The maximum atomic E-state index is 13.3. The number of ether oxygens (including phenoxy) is 1. The summed E-state index contributed by atoms with van der Waals surface area (Å²) in [7, 11) is -3.67. The standard InChI is InChI=1S/C25H24ClN3O5S/c1-16(2)15-33-21-12-13-22(23(14-21)25(30)28-19-8-6-18(26)7-9-19)24(29-27)17-4-10-20(11-5-17)34-35(3,31)32/h4-14H,1,15,27H2,2-3H3,(H,28,30). The molecule has 0 aliphatic heterocycles. The molecule has 8 nitrogen and oxygen atoms in total. The lowest BCUT2D eigenvalue weighted by molar-refractivity contribution is 0.102. The summed E-state index contributed by atoms with van der Waals surface area (Å²) in [5.74, 6) is 5.91. The molecule has 0 heterocycles. The summed E-state index contributed by atoms with van der Waals surface area (Å²) in [5.41, 5.74) is 2.93. The van der Waals surface area contributed by atoms with Crippen LogP contribution in [-0.4, -0.2) is 32.9 Å². The molecule has 0 fully saturated rings. The number of benzene rings is 3. The fraction of sp³-hybridized carbons (Fsp3) is 0.120. The topological polar surface area (TPSA) is 120 Å². The minimum atomic E-state index is -3.67. The summed E-state index contributed by atoms with van der Waals surface area (Å²) in [4.78, 5) is 13.3. The van der Waals surface area contributed by atoms with Gasteiger partial charge in [-0.1, -0.05) is 18.2 Å². The lowest BCUT2D eigenvalue weighted by atomic mass is 9.96. The summed E-state index contributed by atoms with van der Waals surface area (Å²) in [6.07, 6.45) is 0.955. The first-order valence-electron chi connectivity index (χ1n) is 10.3. The molecule has 182 valence electrons. The van der Waals surface area contributed by atoms with E-state index in [-0.39, 0.29) is 17.9 Å². The van der Waals surface area contributed by atoms with Crippen LogP contribution in [0.15, 0.2) is 84.0 Å². The number of hydrogen-bond donors (Lipinski definition) is 2. The van der Waals surface area contributed by atoms with Gasteiger partial charge in [-0.2, -0.15) is 13.5 Å². The Morgan fingerprint density at radius 1 is 1.03 bits per heavy atom. The van der Waals surface area contributed by atoms with Crippen molar-refractivity contribution < 1.29 is 22.1 Å². The van der Waals surface area contributed by atoms with Crippen LogP contribution in [0.5, 0.6) is 11.5 Å². The van der Waals surface area contributed by atoms with Crippen molar-refractivity contribution in [1.82, 2.24) is 0 Å². The molecule has 0 aliphatic carbocycles. The van der Waals surface area contributed by atoms with E-state index in [9.17, 15) is 13.2 Å². The second-order valence-corrected chi connectivity index (χ2v) is 9.72. The molecular formula is C25H24ClN3O5S. The highest BCUT2D eigenvalue weighted by molar-refractivity contribution is 7.86. The van der Waals surface area contributed by atoms with E-state index in [0.29, 0.717) is 33.3 Å². The van der Waals surface area contributed by atoms with Gasteiger partial charge in [0.25, 0.3) is 5.91 Å². The molecule has 35 heavy (non-hydrogen) atoms. The minimum Gasteiger partial charge on any atom is -0.489 e. The first-order valence-corrected chi connectivity index (χ1v) is 12.5. The monoisotopic (exact) mass is 513 g/mol. The van der Waals surface area contributed by atoms with Crippen LogP contribution in [-0.2, 0) is 10.1 Å². The number of nitrogens with one attached hydrogen (secondary N) is 1. The van der Waals surface area contributed by atoms with E-state index in [1.54, 1.807) is 54.6 Å². The summed E-state index contributed by atoms with van der Waals surface area (Å²) in [6.45, 7) is 5.94. The number of hydrazone groups is 1. The Hall–Kier alpha value is -3.82. The number of anilines is 1. The molecule has 0 bridgehead atoms. The van der Waals surface area contributed by atoms with Crippen LogP contribution in [0, 0.1) is 0 Å². The van der Waals surface area contributed by atoms with Crippen molar-refractivity contribution in [3.05, 3.63) is 101 Å². The quantitative estimate of drug-likeness (QED) is 0.142. The zero-order chi connectivity index (χ0) is 25.6. The van der Waals surface area contributed by atoms with Gasteiger partial charge in [0.2, 0.25) is 0 Å². The number of nitrogens with two attached hydrogens (primary N) is 1. The van der Waals surface area contributed by atoms with Crippen LogP contribution in [0.3, 0.4) is 0 Å². The van der Waals surface area contributed by atoms with Crippen LogP contribution >= 0.6 is 11.6 Å². The number of carbonyl (C=O) groups is 1. The normalized spacial score (nSPS) is 11.6. The maximum Gasteiger partial charge on any atom is 0.306 e. The van der Waals surface area contributed by atoms with E-state index in [0.717, 1.165) is 11.8 Å². The van der Waals surface area contributed by atoms with E-state index in [2.05, 4.69) is 17.0 Å². The zero-order valence-corrected chi connectivity index (χ0v) is 20.7. The predicted octanol–water partition coefficient (Wildman–Crippen LogP) is 4.60. The lowest BCUT2D eigenvalue weighted by Crippen LogP contribution is -2.18. The molecule has 3 aromatic carbocycles. The lowest BCUT2D eigenvalue weighted by Gasteiger charge is -2.15. The first-order chi connectivity index (χ1) is 16.6. The van der Waals surface area contributed by atoms with Crippen LogP contribution in [0.4, 0.5) is 5.69 Å². The molecule has 0 aromatic heterocycles. The van der Waals surface area contributed by atoms with Gasteiger partial charge in [0.1, 0.15) is 18.1 Å². The van der Waals surface area contributed by atoms with Gasteiger partial charge in [-0.25, -0.2) is 0 Å². The van der Waals surface area contributed by atoms with Gasteiger partial charge in [-0.15, -0.1) is 0 Å². The third-order valence-electron chi connectivity index (χ3n) is 4.58. The Kier molecular flexibility index (Phi) is 8.16. The molecule has 0 atom stereocenters. The largest absolute Gasteiger partial charge is 0.489 e. The Balaban J connectivity index is 2.00. The van der Waals surface area contributed by atoms with Crippen molar-refractivity contribution >= 4 is 39.0 Å². The highest BCUT2D eigenvalue weighted by atomic mass is 35.5. The van der Waals surface area contributed by atoms with Gasteiger partial charge in [0, 0.05) is 21.8 Å². The smallest absolute Gasteiger partial charge is 0.306 e. The van der Waals surface area contributed by atoms with E-state index >= 15 is 0 Å². The van der Waals surface area contributed by atoms with E-state index in [1.165, 1.54) is 12.1 Å². The van der Waals surface area contributed by atoms with Gasteiger partial charge in [-0.05, 0) is 79.2 Å². The minimum absolute atomic E-state index is 0.136. The molecule has 3 rings (SSSR count). The van der Waals surface area contributed by atoms with Gasteiger partial charge < -0.3 is 20.1 Å².